The van der Waals surface area contributed by atoms with Crippen molar-refractivity contribution in [3.05, 3.63) is 12.7 Å². The maximum absolute atomic E-state index is 5.82. The van der Waals surface area contributed by atoms with Crippen molar-refractivity contribution in [2.24, 2.45) is 0 Å². The van der Waals surface area contributed by atoms with E-state index >= 15 is 0 Å². The van der Waals surface area contributed by atoms with E-state index in [2.05, 4.69) is 38.8 Å². The van der Waals surface area contributed by atoms with Gasteiger partial charge in [-0.15, -0.1) is 22.6 Å². The van der Waals surface area contributed by atoms with Gasteiger partial charge in [-0.3, -0.25) is 0 Å². The molecule has 2 fully saturated rings. The summed E-state index contributed by atoms with van der Waals surface area (Å²) in [6, 6.07) is 0.752. The summed E-state index contributed by atoms with van der Waals surface area (Å²) < 4.78 is 9.91. The van der Waals surface area contributed by atoms with Crippen LogP contribution in [-0.2, 0) is 11.3 Å². The number of fused-ring (bicyclic) bond motifs is 3. The van der Waals surface area contributed by atoms with Gasteiger partial charge < -0.3 is 19.5 Å². The molecule has 0 unspecified atom stereocenters. The van der Waals surface area contributed by atoms with Crippen LogP contribution in [0.4, 0.5) is 5.82 Å². The molecule has 0 spiro atoms. The summed E-state index contributed by atoms with van der Waals surface area (Å²) in [5, 5.41) is 11.8. The van der Waals surface area contributed by atoms with Crippen LogP contribution in [0.3, 0.4) is 0 Å². The number of piperazine rings is 1. The van der Waals surface area contributed by atoms with Gasteiger partial charge in [-0.2, -0.15) is 4.98 Å². The second-order valence-electron chi connectivity index (χ2n) is 7.45. The van der Waals surface area contributed by atoms with Crippen LogP contribution in [-0.4, -0.2) is 67.0 Å². The predicted molar refractivity (Wildman–Crippen MR) is 105 cm³/mol. The molecule has 10 heteroatoms. The number of imidazole rings is 1. The first-order valence-electron chi connectivity index (χ1n) is 9.37. The van der Waals surface area contributed by atoms with Crippen LogP contribution in [0, 0.1) is 0 Å². The predicted octanol–water partition coefficient (Wildman–Crippen LogP) is 1.26. The van der Waals surface area contributed by atoms with E-state index in [1.165, 1.54) is 0 Å². The van der Waals surface area contributed by atoms with Crippen LogP contribution in [0.5, 0.6) is 0 Å². The summed E-state index contributed by atoms with van der Waals surface area (Å²) in [6.07, 6.45) is 6.07. The van der Waals surface area contributed by atoms with Crippen molar-refractivity contribution in [2.75, 3.05) is 24.6 Å². The van der Waals surface area contributed by atoms with E-state index < -0.39 is 0 Å². The quantitative estimate of drug-likeness (QED) is 0.718. The highest BCUT2D eigenvalue weighted by molar-refractivity contribution is 5.86. The number of rotatable bonds is 3. The van der Waals surface area contributed by atoms with E-state index in [-0.39, 0.29) is 18.5 Å². The minimum Gasteiger partial charge on any atom is -0.376 e. The highest BCUT2D eigenvalue weighted by Gasteiger charge is 2.28. The second kappa shape index (κ2) is 7.21. The molecule has 2 aliphatic rings. The van der Waals surface area contributed by atoms with E-state index in [1.54, 1.807) is 6.33 Å². The van der Waals surface area contributed by atoms with Crippen LogP contribution in [0.25, 0.3) is 16.9 Å². The topological polar surface area (TPSA) is 85.4 Å². The SMILES string of the molecule is C[C@@H]1CN(c2nc3nncn3c3c2ncn3C[C@@H]2CCCO2)[C@@H](C)CN1.Cl. The first-order valence-corrected chi connectivity index (χ1v) is 9.37. The zero-order chi connectivity index (χ0) is 17.7. The molecule has 0 amide bonds. The summed E-state index contributed by atoms with van der Waals surface area (Å²) in [5.74, 6) is 1.51. The first-order chi connectivity index (χ1) is 12.7. The van der Waals surface area contributed by atoms with Gasteiger partial charge >= 0.3 is 0 Å². The Morgan fingerprint density at radius 2 is 2.19 bits per heavy atom. The largest absolute Gasteiger partial charge is 0.376 e. The summed E-state index contributed by atoms with van der Waals surface area (Å²) >= 11 is 0. The molecule has 1 N–H and O–H groups in total. The molecule has 5 heterocycles. The zero-order valence-electron chi connectivity index (χ0n) is 15.6. The van der Waals surface area contributed by atoms with Crippen molar-refractivity contribution in [1.82, 2.24) is 34.4 Å². The fraction of sp³-hybridized carbons (Fsp3) is 0.647. The molecule has 146 valence electrons. The Morgan fingerprint density at radius 1 is 1.30 bits per heavy atom. The van der Waals surface area contributed by atoms with Crippen LogP contribution in [0.1, 0.15) is 26.7 Å². The molecule has 2 aliphatic heterocycles. The summed E-state index contributed by atoms with van der Waals surface area (Å²) in [5.41, 5.74) is 1.89. The smallest absolute Gasteiger partial charge is 0.258 e. The molecular weight excluding hydrogens is 368 g/mol. The molecule has 27 heavy (non-hydrogen) atoms. The summed E-state index contributed by atoms with van der Waals surface area (Å²) in [4.78, 5) is 11.9. The third-order valence-electron chi connectivity index (χ3n) is 5.45. The molecule has 0 aliphatic carbocycles. The number of nitrogens with zero attached hydrogens (tertiary/aromatic N) is 7. The number of aromatic nitrogens is 6. The van der Waals surface area contributed by atoms with Gasteiger partial charge in [0.25, 0.3) is 5.78 Å². The molecule has 3 aromatic rings. The molecule has 9 nitrogen and oxygen atoms in total. The molecule has 0 bridgehead atoms. The van der Waals surface area contributed by atoms with Gasteiger partial charge in [-0.05, 0) is 26.7 Å². The number of anilines is 1. The van der Waals surface area contributed by atoms with Gasteiger partial charge in [0.15, 0.2) is 11.5 Å². The van der Waals surface area contributed by atoms with Gasteiger partial charge in [-0.1, -0.05) is 0 Å². The van der Waals surface area contributed by atoms with E-state index in [9.17, 15) is 0 Å². The van der Waals surface area contributed by atoms with Crippen molar-refractivity contribution >= 4 is 35.2 Å². The number of ether oxygens (including phenoxy) is 1. The molecule has 3 atom stereocenters. The minimum absolute atomic E-state index is 0. The van der Waals surface area contributed by atoms with Crippen molar-refractivity contribution in [3.8, 4) is 0 Å². The zero-order valence-corrected chi connectivity index (χ0v) is 16.4. The Balaban J connectivity index is 0.00000180. The third-order valence-corrected chi connectivity index (χ3v) is 5.45. The van der Waals surface area contributed by atoms with Crippen molar-refractivity contribution in [3.63, 3.8) is 0 Å². The molecule has 0 radical (unpaired) electrons. The van der Waals surface area contributed by atoms with E-state index in [0.29, 0.717) is 17.9 Å². The highest BCUT2D eigenvalue weighted by Crippen LogP contribution is 2.28. The van der Waals surface area contributed by atoms with Gasteiger partial charge in [-0.25, -0.2) is 9.38 Å². The molecule has 2 saturated heterocycles. The minimum atomic E-state index is 0. The van der Waals surface area contributed by atoms with Crippen molar-refractivity contribution < 1.29 is 4.74 Å². The molecular formula is C17H25ClN8O. The standard InChI is InChI=1S/C17H24N8O.ClH/c1-11-7-24(12(2)6-18-11)15-14-16(25-10-20-22-17(25)21-15)23(9-19-14)8-13-4-3-5-26-13;/h9-13,18H,3-8H2,1-2H3;1H/t11-,12+,13+;/m1./s1. The number of nitrogens with one attached hydrogen (secondary N) is 1. The molecule has 5 rings (SSSR count). The Hall–Kier alpha value is -1.97. The van der Waals surface area contributed by atoms with Gasteiger partial charge in [0, 0.05) is 31.8 Å². The summed E-state index contributed by atoms with van der Waals surface area (Å²) in [7, 11) is 0. The number of hydrogen-bond acceptors (Lipinski definition) is 7. The van der Waals surface area contributed by atoms with Gasteiger partial charge in [0.05, 0.1) is 19.0 Å². The molecule has 0 saturated carbocycles. The van der Waals surface area contributed by atoms with E-state index in [0.717, 1.165) is 56.1 Å². The summed E-state index contributed by atoms with van der Waals surface area (Å²) in [6.45, 7) is 7.87. The van der Waals surface area contributed by atoms with Crippen LogP contribution < -0.4 is 10.2 Å². The van der Waals surface area contributed by atoms with Crippen molar-refractivity contribution in [1.29, 1.82) is 0 Å². The highest BCUT2D eigenvalue weighted by atomic mass is 35.5. The Kier molecular flexibility index (Phi) is 4.92. The maximum atomic E-state index is 5.82. The Bertz CT molecular complexity index is 934. The number of halogens is 1. The Morgan fingerprint density at radius 3 is 3.00 bits per heavy atom. The fourth-order valence-corrected chi connectivity index (χ4v) is 4.05. The lowest BCUT2D eigenvalue weighted by molar-refractivity contribution is 0.0977. The average molecular weight is 393 g/mol. The number of hydrogen-bond donors (Lipinski definition) is 1. The fourth-order valence-electron chi connectivity index (χ4n) is 4.05. The maximum Gasteiger partial charge on any atom is 0.258 e. The normalized spacial score (nSPS) is 26.0. The lowest BCUT2D eigenvalue weighted by atomic mass is 10.1. The lowest BCUT2D eigenvalue weighted by Gasteiger charge is -2.38. The van der Waals surface area contributed by atoms with Gasteiger partial charge in [0.2, 0.25) is 0 Å². The van der Waals surface area contributed by atoms with Gasteiger partial charge in [0.1, 0.15) is 11.8 Å². The monoisotopic (exact) mass is 392 g/mol. The molecule has 0 aromatic carbocycles. The Labute approximate surface area is 163 Å². The van der Waals surface area contributed by atoms with Crippen LogP contribution >= 0.6 is 12.4 Å². The van der Waals surface area contributed by atoms with E-state index in [4.69, 9.17) is 14.7 Å². The first kappa shape index (κ1) is 18.4. The second-order valence-corrected chi connectivity index (χ2v) is 7.45. The van der Waals surface area contributed by atoms with E-state index in [1.807, 2.05) is 10.7 Å². The van der Waals surface area contributed by atoms with Crippen molar-refractivity contribution in [2.45, 2.75) is 51.4 Å². The van der Waals surface area contributed by atoms with Crippen LogP contribution in [0.2, 0.25) is 0 Å². The third kappa shape index (κ3) is 3.13. The lowest BCUT2D eigenvalue weighted by Crippen LogP contribution is -2.54. The van der Waals surface area contributed by atoms with Crippen LogP contribution in [0.15, 0.2) is 12.7 Å². The molecule has 3 aromatic heterocycles. The average Bonchev–Trinajstić information content (AvgIpc) is 3.37.